The largest absolute Gasteiger partial charge is 0.353 e. The van der Waals surface area contributed by atoms with Crippen molar-refractivity contribution >= 4 is 23.3 Å². The molecule has 0 atom stereocenters. The molecule has 1 aliphatic heterocycles. The van der Waals surface area contributed by atoms with E-state index in [1.807, 2.05) is 32.0 Å². The summed E-state index contributed by atoms with van der Waals surface area (Å²) in [7, 11) is 0. The molecule has 0 aromatic carbocycles. The van der Waals surface area contributed by atoms with Gasteiger partial charge < -0.3 is 9.80 Å². The second-order valence-corrected chi connectivity index (χ2v) is 6.45. The van der Waals surface area contributed by atoms with Crippen LogP contribution in [0.25, 0.3) is 0 Å². The summed E-state index contributed by atoms with van der Waals surface area (Å²) in [5.41, 5.74) is 0.293. The average Bonchev–Trinajstić information content (AvgIpc) is 2.62. The van der Waals surface area contributed by atoms with Crippen LogP contribution in [0.2, 0.25) is 5.02 Å². The molecule has 2 aromatic rings. The molecule has 0 spiro atoms. The van der Waals surface area contributed by atoms with Crippen molar-refractivity contribution in [3.05, 3.63) is 47.1 Å². The Morgan fingerprint density at radius 3 is 2.54 bits per heavy atom. The van der Waals surface area contributed by atoms with Gasteiger partial charge in [-0.2, -0.15) is 0 Å². The quantitative estimate of drug-likeness (QED) is 0.855. The molecular formula is C17H20ClN5O. The van der Waals surface area contributed by atoms with E-state index in [4.69, 9.17) is 11.6 Å². The average molecular weight is 346 g/mol. The van der Waals surface area contributed by atoms with Crippen LogP contribution >= 0.6 is 11.6 Å². The van der Waals surface area contributed by atoms with Crippen molar-refractivity contribution in [2.75, 3.05) is 31.1 Å². The van der Waals surface area contributed by atoms with Crippen molar-refractivity contribution in [3.63, 3.8) is 0 Å². The molecule has 1 fully saturated rings. The summed E-state index contributed by atoms with van der Waals surface area (Å²) in [4.78, 5) is 29.6. The lowest BCUT2D eigenvalue weighted by atomic mass is 10.2. The summed E-state index contributed by atoms with van der Waals surface area (Å²) < 4.78 is 0. The molecule has 3 rings (SSSR count). The predicted molar refractivity (Wildman–Crippen MR) is 93.5 cm³/mol. The first-order valence-electron chi connectivity index (χ1n) is 8.04. The van der Waals surface area contributed by atoms with Crippen molar-refractivity contribution < 1.29 is 4.79 Å². The van der Waals surface area contributed by atoms with Gasteiger partial charge in [0.15, 0.2) is 5.69 Å². The highest BCUT2D eigenvalue weighted by Gasteiger charge is 2.25. The van der Waals surface area contributed by atoms with Crippen LogP contribution in [0.5, 0.6) is 0 Å². The molecule has 2 aromatic heterocycles. The zero-order chi connectivity index (χ0) is 17.1. The number of anilines is 1. The van der Waals surface area contributed by atoms with Gasteiger partial charge in [-0.25, -0.2) is 15.0 Å². The van der Waals surface area contributed by atoms with Crippen LogP contribution in [-0.2, 0) is 0 Å². The Hall–Kier alpha value is -2.21. The first-order chi connectivity index (χ1) is 11.6. The van der Waals surface area contributed by atoms with E-state index in [1.165, 1.54) is 6.20 Å². The van der Waals surface area contributed by atoms with Crippen LogP contribution in [0.15, 0.2) is 30.6 Å². The van der Waals surface area contributed by atoms with Crippen molar-refractivity contribution in [2.24, 2.45) is 0 Å². The molecule has 0 radical (unpaired) electrons. The van der Waals surface area contributed by atoms with Gasteiger partial charge in [0.25, 0.3) is 5.91 Å². The van der Waals surface area contributed by atoms with E-state index in [2.05, 4.69) is 19.9 Å². The Balaban J connectivity index is 1.70. The molecule has 1 saturated heterocycles. The summed E-state index contributed by atoms with van der Waals surface area (Å²) in [6, 6.07) is 5.84. The van der Waals surface area contributed by atoms with Crippen LogP contribution in [-0.4, -0.2) is 51.9 Å². The molecular weight excluding hydrogens is 326 g/mol. The second-order valence-electron chi connectivity index (χ2n) is 6.05. The van der Waals surface area contributed by atoms with Gasteiger partial charge in [-0.15, -0.1) is 0 Å². The maximum atomic E-state index is 12.8. The fourth-order valence-corrected chi connectivity index (χ4v) is 2.81. The molecule has 1 aliphatic rings. The summed E-state index contributed by atoms with van der Waals surface area (Å²) in [6.07, 6.45) is 3.29. The monoisotopic (exact) mass is 345 g/mol. The minimum Gasteiger partial charge on any atom is -0.353 e. The third-order valence-corrected chi connectivity index (χ3v) is 4.30. The van der Waals surface area contributed by atoms with E-state index in [-0.39, 0.29) is 11.8 Å². The minimum absolute atomic E-state index is 0.134. The predicted octanol–water partition coefficient (Wildman–Crippen LogP) is 2.61. The third kappa shape index (κ3) is 3.48. The Morgan fingerprint density at radius 2 is 1.92 bits per heavy atom. The highest BCUT2D eigenvalue weighted by Crippen LogP contribution is 2.20. The zero-order valence-electron chi connectivity index (χ0n) is 13.8. The molecule has 6 nitrogen and oxygen atoms in total. The van der Waals surface area contributed by atoms with Crippen LogP contribution in [0.1, 0.15) is 36.1 Å². The van der Waals surface area contributed by atoms with Gasteiger partial charge in [-0.3, -0.25) is 4.79 Å². The molecule has 1 amide bonds. The van der Waals surface area contributed by atoms with Gasteiger partial charge in [-0.1, -0.05) is 31.5 Å². The number of carbonyl (C=O) groups is 1. The number of halogens is 1. The van der Waals surface area contributed by atoms with Crippen molar-refractivity contribution in [1.82, 2.24) is 19.9 Å². The third-order valence-electron chi connectivity index (χ3n) is 4.02. The number of rotatable bonds is 3. The second kappa shape index (κ2) is 7.13. The lowest BCUT2D eigenvalue weighted by molar-refractivity contribution is 0.0740. The number of hydrogen-bond donors (Lipinski definition) is 0. The maximum Gasteiger partial charge on any atom is 0.274 e. The van der Waals surface area contributed by atoms with Gasteiger partial charge >= 0.3 is 0 Å². The van der Waals surface area contributed by atoms with E-state index in [9.17, 15) is 4.79 Å². The summed E-state index contributed by atoms with van der Waals surface area (Å²) in [6.45, 7) is 6.69. The Labute approximate surface area is 146 Å². The fraction of sp³-hybridized carbons (Fsp3) is 0.412. The van der Waals surface area contributed by atoms with E-state index < -0.39 is 0 Å². The molecule has 0 saturated carbocycles. The normalized spacial score (nSPS) is 15.0. The van der Waals surface area contributed by atoms with E-state index in [0.29, 0.717) is 29.6 Å². The van der Waals surface area contributed by atoms with Gasteiger partial charge in [0.05, 0.1) is 11.2 Å². The summed E-state index contributed by atoms with van der Waals surface area (Å²) >= 11 is 6.15. The van der Waals surface area contributed by atoms with Crippen molar-refractivity contribution in [3.8, 4) is 0 Å². The van der Waals surface area contributed by atoms with Crippen LogP contribution in [0.4, 0.5) is 5.82 Å². The fourth-order valence-electron chi connectivity index (χ4n) is 2.64. The molecule has 24 heavy (non-hydrogen) atoms. The smallest absolute Gasteiger partial charge is 0.274 e. The molecule has 0 aliphatic carbocycles. The van der Waals surface area contributed by atoms with Gasteiger partial charge in [-0.05, 0) is 12.1 Å². The molecule has 0 bridgehead atoms. The Kier molecular flexibility index (Phi) is 4.94. The standard InChI is InChI=1S/C17H20ClN5O/c1-12(2)16-20-11-13(18)15(21-16)17(24)23-9-7-22(8-10-23)14-5-3-4-6-19-14/h3-6,11-12H,7-10H2,1-2H3. The van der Waals surface area contributed by atoms with Crippen LogP contribution in [0.3, 0.4) is 0 Å². The Bertz CT molecular complexity index is 714. The first kappa shape index (κ1) is 16.6. The number of nitrogens with zero attached hydrogens (tertiary/aromatic N) is 5. The molecule has 0 unspecified atom stereocenters. The lowest BCUT2D eigenvalue weighted by Crippen LogP contribution is -2.49. The topological polar surface area (TPSA) is 62.2 Å². The van der Waals surface area contributed by atoms with Gasteiger partial charge in [0.2, 0.25) is 0 Å². The number of amides is 1. The lowest BCUT2D eigenvalue weighted by Gasteiger charge is -2.35. The highest BCUT2D eigenvalue weighted by molar-refractivity contribution is 6.33. The Morgan fingerprint density at radius 1 is 1.17 bits per heavy atom. The molecule has 126 valence electrons. The number of carbonyl (C=O) groups excluding carboxylic acids is 1. The zero-order valence-corrected chi connectivity index (χ0v) is 14.6. The van der Waals surface area contributed by atoms with Crippen LogP contribution in [0, 0.1) is 0 Å². The van der Waals surface area contributed by atoms with Gasteiger partial charge in [0.1, 0.15) is 11.6 Å². The van der Waals surface area contributed by atoms with E-state index in [0.717, 1.165) is 18.9 Å². The van der Waals surface area contributed by atoms with Crippen molar-refractivity contribution in [2.45, 2.75) is 19.8 Å². The van der Waals surface area contributed by atoms with E-state index in [1.54, 1.807) is 11.1 Å². The SMILES string of the molecule is CC(C)c1ncc(Cl)c(C(=O)N2CCN(c3ccccn3)CC2)n1. The van der Waals surface area contributed by atoms with E-state index >= 15 is 0 Å². The number of pyridine rings is 1. The number of piperazine rings is 1. The van der Waals surface area contributed by atoms with Gasteiger partial charge in [0, 0.05) is 38.3 Å². The molecule has 0 N–H and O–H groups in total. The number of aromatic nitrogens is 3. The molecule has 7 heteroatoms. The summed E-state index contributed by atoms with van der Waals surface area (Å²) in [5, 5.41) is 0.302. The number of hydrogen-bond acceptors (Lipinski definition) is 5. The maximum absolute atomic E-state index is 12.8. The van der Waals surface area contributed by atoms with Crippen molar-refractivity contribution in [1.29, 1.82) is 0 Å². The minimum atomic E-state index is -0.134. The first-order valence-corrected chi connectivity index (χ1v) is 8.41. The highest BCUT2D eigenvalue weighted by atomic mass is 35.5. The summed E-state index contributed by atoms with van der Waals surface area (Å²) in [5.74, 6) is 1.58. The molecule has 3 heterocycles. The van der Waals surface area contributed by atoms with Crippen LogP contribution < -0.4 is 4.90 Å².